The van der Waals surface area contributed by atoms with Crippen LogP contribution >= 0.6 is 27.5 Å². The zero-order valence-corrected chi connectivity index (χ0v) is 15.3. The Balaban J connectivity index is 2.74. The van der Waals surface area contributed by atoms with E-state index in [2.05, 4.69) is 21.2 Å². The highest BCUT2D eigenvalue weighted by molar-refractivity contribution is 9.10. The van der Waals surface area contributed by atoms with Crippen LogP contribution in [0.5, 0.6) is 0 Å². The lowest BCUT2D eigenvalue weighted by Gasteiger charge is -2.14. The first-order chi connectivity index (χ1) is 12.8. The van der Waals surface area contributed by atoms with Crippen LogP contribution in [0.15, 0.2) is 28.7 Å². The van der Waals surface area contributed by atoms with Gasteiger partial charge in [0.1, 0.15) is 0 Å². The fourth-order valence-corrected chi connectivity index (χ4v) is 2.96. The summed E-state index contributed by atoms with van der Waals surface area (Å²) in [6.07, 6.45) is -4.87. The molecule has 15 heteroatoms. The van der Waals surface area contributed by atoms with Crippen molar-refractivity contribution in [1.82, 2.24) is 0 Å². The van der Waals surface area contributed by atoms with Crippen molar-refractivity contribution in [3.8, 4) is 0 Å². The molecule has 0 unspecified atom stereocenters. The molecule has 0 saturated heterocycles. The SMILES string of the molecule is O=[N+]([O-])c1cc([N+](=O)[O-])c(Nc2cc(C(F)(F)F)c(Cl)cc2Br)c([N+](=O)[O-])c1. The van der Waals surface area contributed by atoms with Crippen LogP contribution < -0.4 is 5.32 Å². The molecule has 0 spiro atoms. The molecule has 10 nitrogen and oxygen atoms in total. The topological polar surface area (TPSA) is 141 Å². The molecule has 0 heterocycles. The minimum Gasteiger partial charge on any atom is -0.343 e. The second-order valence-electron chi connectivity index (χ2n) is 5.07. The van der Waals surface area contributed by atoms with Crippen LogP contribution in [0.2, 0.25) is 5.02 Å². The number of nitro benzene ring substituents is 3. The maximum Gasteiger partial charge on any atom is 0.417 e. The van der Waals surface area contributed by atoms with Gasteiger partial charge in [0.05, 0.1) is 43.2 Å². The summed E-state index contributed by atoms with van der Waals surface area (Å²) in [4.78, 5) is 30.0. The first kappa shape index (κ1) is 21.3. The quantitative estimate of drug-likeness (QED) is 0.430. The van der Waals surface area contributed by atoms with E-state index in [-0.39, 0.29) is 4.47 Å². The molecule has 0 atom stereocenters. The Morgan fingerprint density at radius 2 is 1.43 bits per heavy atom. The Bertz CT molecular complexity index is 981. The molecule has 2 aromatic carbocycles. The number of hydrogen-bond donors (Lipinski definition) is 1. The molecule has 0 bridgehead atoms. The highest BCUT2D eigenvalue weighted by atomic mass is 79.9. The van der Waals surface area contributed by atoms with Crippen LogP contribution in [0, 0.1) is 30.3 Å². The van der Waals surface area contributed by atoms with Gasteiger partial charge in [-0.2, -0.15) is 13.2 Å². The molecule has 148 valence electrons. The Labute approximate surface area is 165 Å². The summed E-state index contributed by atoms with van der Waals surface area (Å²) >= 11 is 8.44. The molecule has 28 heavy (non-hydrogen) atoms. The van der Waals surface area contributed by atoms with Crippen LogP contribution in [0.4, 0.5) is 41.6 Å². The maximum atomic E-state index is 13.0. The Kier molecular flexibility index (Phi) is 5.75. The van der Waals surface area contributed by atoms with Gasteiger partial charge in [-0.1, -0.05) is 11.6 Å². The first-order valence-electron chi connectivity index (χ1n) is 6.77. The molecule has 2 aromatic rings. The highest BCUT2D eigenvalue weighted by Crippen LogP contribution is 2.44. The van der Waals surface area contributed by atoms with Gasteiger partial charge in [-0.25, -0.2) is 0 Å². The number of nitrogens with one attached hydrogen (secondary N) is 1. The Morgan fingerprint density at radius 3 is 1.82 bits per heavy atom. The normalized spacial score (nSPS) is 11.2. The van der Waals surface area contributed by atoms with E-state index in [1.54, 1.807) is 0 Å². The van der Waals surface area contributed by atoms with Crippen molar-refractivity contribution in [2.75, 3.05) is 5.32 Å². The summed E-state index contributed by atoms with van der Waals surface area (Å²) < 4.78 is 39.0. The molecule has 2 rings (SSSR count). The monoisotopic (exact) mass is 484 g/mol. The van der Waals surface area contributed by atoms with E-state index in [1.807, 2.05) is 0 Å². The second kappa shape index (κ2) is 7.55. The average molecular weight is 486 g/mol. The minimum atomic E-state index is -4.87. The molecule has 0 aliphatic rings. The first-order valence-corrected chi connectivity index (χ1v) is 7.94. The van der Waals surface area contributed by atoms with E-state index < -0.39 is 60.0 Å². The third-order valence-corrected chi connectivity index (χ3v) is 4.28. The lowest BCUT2D eigenvalue weighted by Crippen LogP contribution is -2.08. The van der Waals surface area contributed by atoms with Crippen LogP contribution in [-0.2, 0) is 6.18 Å². The van der Waals surface area contributed by atoms with E-state index in [1.165, 1.54) is 0 Å². The number of nitro groups is 3. The van der Waals surface area contributed by atoms with Crippen molar-refractivity contribution >= 4 is 56.0 Å². The van der Waals surface area contributed by atoms with Gasteiger partial charge in [0.15, 0.2) is 5.69 Å². The van der Waals surface area contributed by atoms with Gasteiger partial charge >= 0.3 is 17.6 Å². The molecule has 0 aromatic heterocycles. The van der Waals surface area contributed by atoms with Crippen LogP contribution in [-0.4, -0.2) is 14.8 Å². The summed E-state index contributed by atoms with van der Waals surface area (Å²) in [5, 5.41) is 34.8. The fourth-order valence-electron chi connectivity index (χ4n) is 2.12. The zero-order valence-electron chi connectivity index (χ0n) is 13.0. The molecule has 0 saturated carbocycles. The number of benzene rings is 2. The largest absolute Gasteiger partial charge is 0.417 e. The van der Waals surface area contributed by atoms with Crippen LogP contribution in [0.1, 0.15) is 5.56 Å². The number of nitrogens with zero attached hydrogens (tertiary/aromatic N) is 3. The fraction of sp³-hybridized carbons (Fsp3) is 0.0769. The lowest BCUT2D eigenvalue weighted by molar-refractivity contribution is -0.401. The van der Waals surface area contributed by atoms with Crippen LogP contribution in [0.25, 0.3) is 0 Å². The van der Waals surface area contributed by atoms with Gasteiger partial charge in [0, 0.05) is 4.47 Å². The van der Waals surface area contributed by atoms with Gasteiger partial charge in [-0.05, 0) is 28.1 Å². The van der Waals surface area contributed by atoms with Crippen molar-refractivity contribution in [1.29, 1.82) is 0 Å². The summed E-state index contributed by atoms with van der Waals surface area (Å²) in [7, 11) is 0. The molecule has 1 N–H and O–H groups in total. The summed E-state index contributed by atoms with van der Waals surface area (Å²) in [6, 6.07) is 2.23. The van der Waals surface area contributed by atoms with E-state index in [9.17, 15) is 43.5 Å². The molecule has 0 radical (unpaired) electrons. The molecule has 0 fully saturated rings. The molecule has 0 amide bonds. The van der Waals surface area contributed by atoms with Crippen molar-refractivity contribution in [2.45, 2.75) is 6.18 Å². The van der Waals surface area contributed by atoms with E-state index >= 15 is 0 Å². The number of anilines is 2. The Morgan fingerprint density at radius 1 is 0.929 bits per heavy atom. The number of hydrogen-bond acceptors (Lipinski definition) is 7. The minimum absolute atomic E-state index is 0.0903. The predicted molar refractivity (Wildman–Crippen MR) is 93.8 cm³/mol. The van der Waals surface area contributed by atoms with Gasteiger partial charge in [-0.15, -0.1) is 0 Å². The second-order valence-corrected chi connectivity index (χ2v) is 6.33. The van der Waals surface area contributed by atoms with Gasteiger partial charge in [-0.3, -0.25) is 30.3 Å². The van der Waals surface area contributed by atoms with E-state index in [4.69, 9.17) is 11.6 Å². The number of halogens is 5. The molecular weight excluding hydrogens is 481 g/mol. The lowest BCUT2D eigenvalue weighted by atomic mass is 10.1. The summed E-state index contributed by atoms with van der Waals surface area (Å²) in [6.45, 7) is 0. The zero-order chi connectivity index (χ0) is 21.4. The van der Waals surface area contributed by atoms with Crippen molar-refractivity contribution in [2.24, 2.45) is 0 Å². The smallest absolute Gasteiger partial charge is 0.343 e. The number of alkyl halides is 3. The highest BCUT2D eigenvalue weighted by Gasteiger charge is 2.35. The molecule has 0 aliphatic carbocycles. The number of rotatable bonds is 5. The van der Waals surface area contributed by atoms with Crippen molar-refractivity contribution in [3.05, 3.63) is 69.7 Å². The molecule has 0 aliphatic heterocycles. The average Bonchev–Trinajstić information content (AvgIpc) is 2.55. The summed E-state index contributed by atoms with van der Waals surface area (Å²) in [5.41, 5.74) is -5.65. The third-order valence-electron chi connectivity index (χ3n) is 3.31. The van der Waals surface area contributed by atoms with Gasteiger partial charge in [0.25, 0.3) is 5.69 Å². The van der Waals surface area contributed by atoms with Gasteiger partial charge < -0.3 is 5.32 Å². The standard InChI is InChI=1S/C13H5BrClF3N4O6/c14-7-4-8(15)6(13(16,17)18)3-9(7)19-12-10(21(25)26)1-5(20(23)24)2-11(12)22(27)28/h1-4,19H. The van der Waals surface area contributed by atoms with E-state index in [0.717, 1.165) is 6.07 Å². The Hall–Kier alpha value is -3.00. The van der Waals surface area contributed by atoms with E-state index in [0.29, 0.717) is 18.2 Å². The van der Waals surface area contributed by atoms with Crippen LogP contribution in [0.3, 0.4) is 0 Å². The maximum absolute atomic E-state index is 13.0. The molecular formula is C13H5BrClF3N4O6. The van der Waals surface area contributed by atoms with Gasteiger partial charge in [0.2, 0.25) is 0 Å². The third kappa shape index (κ3) is 4.28. The summed E-state index contributed by atoms with van der Waals surface area (Å²) in [5.74, 6) is 0. The van der Waals surface area contributed by atoms with Crippen molar-refractivity contribution in [3.63, 3.8) is 0 Å². The number of non-ortho nitro benzene ring substituents is 1. The predicted octanol–water partition coefficient (Wildman–Crippen LogP) is 5.59. The van der Waals surface area contributed by atoms with Crippen molar-refractivity contribution < 1.29 is 27.9 Å².